The fourth-order valence-corrected chi connectivity index (χ4v) is 3.04. The molecule has 1 N–H and O–H groups in total. The van der Waals surface area contributed by atoms with E-state index >= 15 is 0 Å². The molecular weight excluding hydrogens is 250 g/mol. The highest BCUT2D eigenvalue weighted by molar-refractivity contribution is 7.99. The molecule has 0 fully saturated rings. The third-order valence-corrected chi connectivity index (χ3v) is 4.23. The van der Waals surface area contributed by atoms with E-state index in [1.54, 1.807) is 0 Å². The molecule has 2 rings (SSSR count). The summed E-state index contributed by atoms with van der Waals surface area (Å²) in [5.41, 5.74) is 1.20. The van der Waals surface area contributed by atoms with Gasteiger partial charge in [-0.1, -0.05) is 50.2 Å². The van der Waals surface area contributed by atoms with Gasteiger partial charge in [-0.25, -0.2) is 0 Å². The first-order valence-electron chi connectivity index (χ1n) is 6.75. The van der Waals surface area contributed by atoms with Crippen molar-refractivity contribution in [3.8, 4) is 0 Å². The normalized spacial score (nSPS) is 12.4. The van der Waals surface area contributed by atoms with E-state index in [0.717, 1.165) is 5.75 Å². The average Bonchev–Trinajstić information content (AvgIpc) is 2.45. The lowest BCUT2D eigenvalue weighted by Crippen LogP contribution is -2.28. The van der Waals surface area contributed by atoms with Gasteiger partial charge < -0.3 is 5.32 Å². The highest BCUT2D eigenvalue weighted by Gasteiger charge is 2.13. The number of rotatable bonds is 6. The molecule has 0 radical (unpaired) electrons. The number of anilines is 1. The second-order valence-electron chi connectivity index (χ2n) is 4.98. The number of benzene rings is 2. The zero-order valence-corrected chi connectivity index (χ0v) is 12.4. The fourth-order valence-electron chi connectivity index (χ4n) is 1.85. The van der Waals surface area contributed by atoms with Crippen molar-refractivity contribution in [2.24, 2.45) is 5.92 Å². The third kappa shape index (κ3) is 4.64. The Hall–Kier alpha value is -1.41. The first kappa shape index (κ1) is 14.0. The molecule has 0 aliphatic rings. The van der Waals surface area contributed by atoms with Crippen LogP contribution in [0.15, 0.2) is 65.6 Å². The lowest BCUT2D eigenvalue weighted by atomic mass is 10.1. The summed E-state index contributed by atoms with van der Waals surface area (Å²) in [4.78, 5) is 1.34. The van der Waals surface area contributed by atoms with Gasteiger partial charge in [-0.3, -0.25) is 0 Å². The molecular formula is C17H21NS. The maximum atomic E-state index is 3.63. The Morgan fingerprint density at radius 2 is 1.47 bits per heavy atom. The lowest BCUT2D eigenvalue weighted by molar-refractivity contribution is 0.566. The van der Waals surface area contributed by atoms with Crippen LogP contribution in [-0.4, -0.2) is 11.8 Å². The van der Waals surface area contributed by atoms with Crippen LogP contribution >= 0.6 is 11.8 Å². The Balaban J connectivity index is 1.93. The molecule has 1 nitrogen and oxygen atoms in total. The van der Waals surface area contributed by atoms with E-state index in [4.69, 9.17) is 0 Å². The van der Waals surface area contributed by atoms with Crippen LogP contribution in [0.5, 0.6) is 0 Å². The van der Waals surface area contributed by atoms with Crippen molar-refractivity contribution in [1.82, 2.24) is 0 Å². The summed E-state index contributed by atoms with van der Waals surface area (Å²) < 4.78 is 0. The van der Waals surface area contributed by atoms with Crippen LogP contribution in [-0.2, 0) is 0 Å². The molecule has 0 amide bonds. The topological polar surface area (TPSA) is 12.0 Å². The molecule has 0 bridgehead atoms. The van der Waals surface area contributed by atoms with Crippen molar-refractivity contribution in [3.05, 3.63) is 60.7 Å². The number of hydrogen-bond donors (Lipinski definition) is 1. The van der Waals surface area contributed by atoms with Crippen LogP contribution in [0.1, 0.15) is 13.8 Å². The molecule has 0 unspecified atom stereocenters. The summed E-state index contributed by atoms with van der Waals surface area (Å²) in [5, 5.41) is 3.63. The van der Waals surface area contributed by atoms with Gasteiger partial charge in [0.15, 0.2) is 0 Å². The van der Waals surface area contributed by atoms with Crippen LogP contribution in [0, 0.1) is 5.92 Å². The van der Waals surface area contributed by atoms with Crippen molar-refractivity contribution in [3.63, 3.8) is 0 Å². The van der Waals surface area contributed by atoms with E-state index in [0.29, 0.717) is 12.0 Å². The second kappa shape index (κ2) is 7.25. The molecule has 0 spiro atoms. The molecule has 0 heterocycles. The van der Waals surface area contributed by atoms with E-state index in [1.807, 2.05) is 17.8 Å². The SMILES string of the molecule is CC(C)[C@@H](CSc1ccccc1)Nc1ccccc1. The summed E-state index contributed by atoms with van der Waals surface area (Å²) >= 11 is 1.91. The molecule has 100 valence electrons. The van der Waals surface area contributed by atoms with Gasteiger partial charge in [-0.15, -0.1) is 11.8 Å². The largest absolute Gasteiger partial charge is 0.381 e. The van der Waals surface area contributed by atoms with Gasteiger partial charge in [0.05, 0.1) is 0 Å². The third-order valence-electron chi connectivity index (χ3n) is 3.10. The first-order valence-corrected chi connectivity index (χ1v) is 7.73. The quantitative estimate of drug-likeness (QED) is 0.749. The van der Waals surface area contributed by atoms with Gasteiger partial charge in [-0.05, 0) is 30.2 Å². The van der Waals surface area contributed by atoms with Crippen LogP contribution < -0.4 is 5.32 Å². The fraction of sp³-hybridized carbons (Fsp3) is 0.294. The summed E-state index contributed by atoms with van der Waals surface area (Å²) in [7, 11) is 0. The number of thioether (sulfide) groups is 1. The van der Waals surface area contributed by atoms with Crippen molar-refractivity contribution in [2.75, 3.05) is 11.1 Å². The predicted molar refractivity (Wildman–Crippen MR) is 85.9 cm³/mol. The molecule has 1 atom stereocenters. The highest BCUT2D eigenvalue weighted by atomic mass is 32.2. The van der Waals surface area contributed by atoms with Gasteiger partial charge in [0.25, 0.3) is 0 Å². The van der Waals surface area contributed by atoms with Crippen molar-refractivity contribution >= 4 is 17.4 Å². The molecule has 2 aromatic rings. The molecule has 0 saturated carbocycles. The molecule has 0 aliphatic carbocycles. The minimum absolute atomic E-state index is 0.479. The second-order valence-corrected chi connectivity index (χ2v) is 6.08. The van der Waals surface area contributed by atoms with Crippen molar-refractivity contribution < 1.29 is 0 Å². The van der Waals surface area contributed by atoms with Crippen molar-refractivity contribution in [2.45, 2.75) is 24.8 Å². The standard InChI is InChI=1S/C17H21NS/c1-14(2)17(18-15-9-5-3-6-10-15)13-19-16-11-7-4-8-12-16/h3-12,14,17-18H,13H2,1-2H3/t17-/m1/s1. The molecule has 19 heavy (non-hydrogen) atoms. The number of para-hydroxylation sites is 1. The average molecular weight is 271 g/mol. The zero-order chi connectivity index (χ0) is 13.5. The van der Waals surface area contributed by atoms with Gasteiger partial charge >= 0.3 is 0 Å². The summed E-state index contributed by atoms with van der Waals surface area (Å²) in [5.74, 6) is 1.69. The van der Waals surface area contributed by atoms with Gasteiger partial charge in [0.2, 0.25) is 0 Å². The predicted octanol–water partition coefficient (Wildman–Crippen LogP) is 4.92. The van der Waals surface area contributed by atoms with Crippen LogP contribution in [0.2, 0.25) is 0 Å². The van der Waals surface area contributed by atoms with Crippen LogP contribution in [0.3, 0.4) is 0 Å². The lowest BCUT2D eigenvalue weighted by Gasteiger charge is -2.23. The maximum absolute atomic E-state index is 3.63. The zero-order valence-electron chi connectivity index (χ0n) is 11.5. The molecule has 0 aromatic heterocycles. The Bertz CT molecular complexity index is 467. The Morgan fingerprint density at radius 3 is 2.05 bits per heavy atom. The first-order chi connectivity index (χ1) is 9.25. The van der Waals surface area contributed by atoms with Gasteiger partial charge in [0, 0.05) is 22.4 Å². The monoisotopic (exact) mass is 271 g/mol. The Morgan fingerprint density at radius 1 is 0.895 bits per heavy atom. The maximum Gasteiger partial charge on any atom is 0.0378 e. The van der Waals surface area contributed by atoms with E-state index in [2.05, 4.69) is 73.8 Å². The summed E-state index contributed by atoms with van der Waals surface area (Å²) in [6.07, 6.45) is 0. The smallest absolute Gasteiger partial charge is 0.0378 e. The Labute approximate surface area is 120 Å². The Kier molecular flexibility index (Phi) is 5.34. The highest BCUT2D eigenvalue weighted by Crippen LogP contribution is 2.22. The molecule has 0 aliphatic heterocycles. The summed E-state index contributed by atoms with van der Waals surface area (Å²) in [6, 6.07) is 21.5. The van der Waals surface area contributed by atoms with E-state index in [1.165, 1.54) is 10.6 Å². The van der Waals surface area contributed by atoms with Gasteiger partial charge in [0.1, 0.15) is 0 Å². The minimum atomic E-state index is 0.479. The van der Waals surface area contributed by atoms with Crippen LogP contribution in [0.4, 0.5) is 5.69 Å². The molecule has 2 heteroatoms. The van der Waals surface area contributed by atoms with E-state index < -0.39 is 0 Å². The number of hydrogen-bond acceptors (Lipinski definition) is 2. The van der Waals surface area contributed by atoms with E-state index in [-0.39, 0.29) is 0 Å². The molecule has 0 saturated heterocycles. The van der Waals surface area contributed by atoms with E-state index in [9.17, 15) is 0 Å². The van der Waals surface area contributed by atoms with Crippen LogP contribution in [0.25, 0.3) is 0 Å². The molecule has 2 aromatic carbocycles. The summed E-state index contributed by atoms with van der Waals surface area (Å²) in [6.45, 7) is 4.54. The van der Waals surface area contributed by atoms with Crippen molar-refractivity contribution in [1.29, 1.82) is 0 Å². The minimum Gasteiger partial charge on any atom is -0.381 e. The van der Waals surface area contributed by atoms with Gasteiger partial charge in [-0.2, -0.15) is 0 Å². The number of nitrogens with one attached hydrogen (secondary N) is 1.